The van der Waals surface area contributed by atoms with Crippen LogP contribution >= 0.6 is 47.8 Å². The lowest BCUT2D eigenvalue weighted by molar-refractivity contribution is 0.297. The summed E-state index contributed by atoms with van der Waals surface area (Å²) in [5, 5.41) is 0. The first-order valence-electron chi connectivity index (χ1n) is 9.80. The van der Waals surface area contributed by atoms with Gasteiger partial charge in [0.25, 0.3) is 0 Å². The molecule has 156 valence electrons. The highest BCUT2D eigenvalue weighted by molar-refractivity contribution is 9.10. The van der Waals surface area contributed by atoms with E-state index < -0.39 is 0 Å². The Kier molecular flexibility index (Phi) is 7.06. The van der Waals surface area contributed by atoms with Crippen molar-refractivity contribution in [1.29, 1.82) is 0 Å². The van der Waals surface area contributed by atoms with Crippen molar-refractivity contribution in [2.75, 3.05) is 0 Å². The molecule has 0 nitrogen and oxygen atoms in total. The molecular formula is C24H39Br3. The molecule has 1 rings (SSSR count). The van der Waals surface area contributed by atoms with E-state index in [1.54, 1.807) is 0 Å². The van der Waals surface area contributed by atoms with E-state index in [4.69, 9.17) is 0 Å². The van der Waals surface area contributed by atoms with Crippen LogP contribution in [0.3, 0.4) is 0 Å². The van der Waals surface area contributed by atoms with Crippen molar-refractivity contribution in [2.24, 2.45) is 16.2 Å². The Hall–Kier alpha value is 0.660. The molecule has 0 saturated carbocycles. The lowest BCUT2D eigenvalue weighted by Crippen LogP contribution is -2.36. The first-order valence-corrected chi connectivity index (χ1v) is 12.2. The van der Waals surface area contributed by atoms with Gasteiger partial charge in [-0.2, -0.15) is 0 Å². The van der Waals surface area contributed by atoms with Crippen LogP contribution in [0.2, 0.25) is 0 Å². The standard InChI is InChI=1S/C24H39Br3/c1-19(2,3)22(10,25)16-13-17(23(11,26)20(4,5)6)15-18(14-16)24(12,27)21(7,8)9/h13-15H,1-12H3. The second kappa shape index (κ2) is 7.41. The molecule has 0 radical (unpaired) electrons. The number of benzene rings is 1. The first kappa shape index (κ1) is 25.7. The summed E-state index contributed by atoms with van der Waals surface area (Å²) in [5.41, 5.74) is 4.22. The predicted octanol–water partition coefficient (Wildman–Crippen LogP) is 9.66. The maximum atomic E-state index is 4.08. The van der Waals surface area contributed by atoms with E-state index >= 15 is 0 Å². The number of alkyl halides is 3. The second-order valence-electron chi connectivity index (χ2n) is 11.6. The molecular weight excluding hydrogens is 528 g/mol. The molecule has 3 heteroatoms. The van der Waals surface area contributed by atoms with E-state index in [9.17, 15) is 0 Å². The van der Waals surface area contributed by atoms with Gasteiger partial charge in [-0.05, 0) is 53.7 Å². The van der Waals surface area contributed by atoms with Gasteiger partial charge in [-0.1, -0.05) is 128 Å². The molecule has 1 aromatic carbocycles. The summed E-state index contributed by atoms with van der Waals surface area (Å²) in [5.74, 6) is 0. The Bertz CT molecular complexity index is 568. The Morgan fingerprint density at radius 3 is 0.667 bits per heavy atom. The van der Waals surface area contributed by atoms with Gasteiger partial charge in [-0.15, -0.1) is 0 Å². The number of hydrogen-bond donors (Lipinski definition) is 0. The second-order valence-corrected chi connectivity index (χ2v) is 16.3. The summed E-state index contributed by atoms with van der Waals surface area (Å²) in [6.45, 7) is 27.5. The van der Waals surface area contributed by atoms with Crippen LogP contribution in [0, 0.1) is 16.2 Å². The maximum Gasteiger partial charge on any atom is 0.0526 e. The quantitative estimate of drug-likeness (QED) is 0.319. The fourth-order valence-electron chi connectivity index (χ4n) is 2.74. The minimum Gasteiger partial charge on any atom is -0.0799 e. The molecule has 0 heterocycles. The molecule has 0 aliphatic carbocycles. The average molecular weight is 567 g/mol. The summed E-state index contributed by atoms with van der Waals surface area (Å²) in [6, 6.07) is 7.15. The highest BCUT2D eigenvalue weighted by Gasteiger charge is 2.43. The van der Waals surface area contributed by atoms with Crippen LogP contribution in [0.25, 0.3) is 0 Å². The molecule has 0 bridgehead atoms. The lowest BCUT2D eigenvalue weighted by atomic mass is 9.70. The zero-order valence-corrected chi connectivity index (χ0v) is 24.1. The SMILES string of the molecule is CC(C)(C)C(C)(Br)c1cc(C(C)(Br)C(C)(C)C)cc(C(C)(Br)C(C)(C)C)c1. The number of halogens is 3. The van der Waals surface area contributed by atoms with Crippen molar-refractivity contribution in [3.05, 3.63) is 34.9 Å². The van der Waals surface area contributed by atoms with Gasteiger partial charge in [0.05, 0.1) is 13.0 Å². The largest absolute Gasteiger partial charge is 0.0799 e. The number of rotatable bonds is 3. The van der Waals surface area contributed by atoms with Crippen LogP contribution in [0.5, 0.6) is 0 Å². The maximum absolute atomic E-state index is 4.08. The molecule has 0 aromatic heterocycles. The smallest absolute Gasteiger partial charge is 0.0526 e. The normalized spacial score (nSPS) is 20.6. The predicted molar refractivity (Wildman–Crippen MR) is 134 cm³/mol. The van der Waals surface area contributed by atoms with E-state index in [0.29, 0.717) is 0 Å². The first-order chi connectivity index (χ1) is 11.6. The molecule has 27 heavy (non-hydrogen) atoms. The highest BCUT2D eigenvalue weighted by Crippen LogP contribution is 2.54. The molecule has 0 aliphatic rings. The summed E-state index contributed by atoms with van der Waals surface area (Å²) in [7, 11) is 0. The Labute approximate surface area is 194 Å². The molecule has 3 atom stereocenters. The van der Waals surface area contributed by atoms with Gasteiger partial charge in [0.1, 0.15) is 0 Å². The van der Waals surface area contributed by atoms with Crippen LogP contribution in [0.15, 0.2) is 18.2 Å². The van der Waals surface area contributed by atoms with Gasteiger partial charge in [0.15, 0.2) is 0 Å². The van der Waals surface area contributed by atoms with Gasteiger partial charge in [0, 0.05) is 0 Å². The topological polar surface area (TPSA) is 0 Å². The molecule has 0 N–H and O–H groups in total. The third-order valence-electron chi connectivity index (χ3n) is 6.78. The third kappa shape index (κ3) is 4.88. The van der Waals surface area contributed by atoms with E-state index in [-0.39, 0.29) is 29.2 Å². The molecule has 0 amide bonds. The van der Waals surface area contributed by atoms with Crippen LogP contribution in [0.1, 0.15) is 99.8 Å². The van der Waals surface area contributed by atoms with Crippen molar-refractivity contribution in [2.45, 2.75) is 96.1 Å². The van der Waals surface area contributed by atoms with Gasteiger partial charge < -0.3 is 0 Å². The van der Waals surface area contributed by atoms with Crippen molar-refractivity contribution in [3.63, 3.8) is 0 Å². The number of hydrogen-bond acceptors (Lipinski definition) is 0. The molecule has 0 saturated heterocycles. The van der Waals surface area contributed by atoms with Crippen LogP contribution in [0.4, 0.5) is 0 Å². The average Bonchev–Trinajstić information content (AvgIpc) is 2.43. The summed E-state index contributed by atoms with van der Waals surface area (Å²) >= 11 is 12.2. The van der Waals surface area contributed by atoms with E-state index in [1.807, 2.05) is 0 Å². The van der Waals surface area contributed by atoms with Gasteiger partial charge in [0.2, 0.25) is 0 Å². The minimum atomic E-state index is -0.132. The Balaban J connectivity index is 3.90. The fraction of sp³-hybridized carbons (Fsp3) is 0.750. The molecule has 0 aliphatic heterocycles. The minimum absolute atomic E-state index is 0.0811. The zero-order valence-electron chi connectivity index (χ0n) is 19.4. The Morgan fingerprint density at radius 1 is 0.407 bits per heavy atom. The van der Waals surface area contributed by atoms with Crippen LogP contribution in [-0.2, 0) is 13.0 Å². The highest BCUT2D eigenvalue weighted by atomic mass is 79.9. The van der Waals surface area contributed by atoms with Crippen molar-refractivity contribution >= 4 is 47.8 Å². The van der Waals surface area contributed by atoms with Gasteiger partial charge >= 0.3 is 0 Å². The Morgan fingerprint density at radius 2 is 0.556 bits per heavy atom. The zero-order chi connectivity index (χ0) is 21.9. The van der Waals surface area contributed by atoms with Crippen LogP contribution in [-0.4, -0.2) is 0 Å². The summed E-state index contributed by atoms with van der Waals surface area (Å²) in [4.78, 5) is 0. The molecule has 3 unspecified atom stereocenters. The monoisotopic (exact) mass is 564 g/mol. The van der Waals surface area contributed by atoms with Crippen molar-refractivity contribution < 1.29 is 0 Å². The van der Waals surface area contributed by atoms with Crippen molar-refractivity contribution in [3.8, 4) is 0 Å². The third-order valence-corrected chi connectivity index (χ3v) is 11.7. The fourth-order valence-corrected chi connectivity index (χ4v) is 3.43. The van der Waals surface area contributed by atoms with Gasteiger partial charge in [-0.3, -0.25) is 0 Å². The molecule has 0 spiro atoms. The summed E-state index contributed by atoms with van der Waals surface area (Å²) < 4.78 is -0.397. The van der Waals surface area contributed by atoms with E-state index in [0.717, 1.165) is 0 Å². The molecule has 0 fully saturated rings. The van der Waals surface area contributed by atoms with E-state index in [2.05, 4.69) is 149 Å². The van der Waals surface area contributed by atoms with Crippen LogP contribution < -0.4 is 0 Å². The van der Waals surface area contributed by atoms with E-state index in [1.165, 1.54) is 16.7 Å². The lowest BCUT2D eigenvalue weighted by Gasteiger charge is -2.43. The molecule has 1 aromatic rings. The van der Waals surface area contributed by atoms with Crippen molar-refractivity contribution in [1.82, 2.24) is 0 Å². The van der Waals surface area contributed by atoms with Gasteiger partial charge in [-0.25, -0.2) is 0 Å². The summed E-state index contributed by atoms with van der Waals surface area (Å²) in [6.07, 6.45) is 0.